The fourth-order valence-corrected chi connectivity index (χ4v) is 3.94. The molecule has 2 aromatic rings. The first-order valence-corrected chi connectivity index (χ1v) is 10.6. The van der Waals surface area contributed by atoms with Crippen LogP contribution in [0.2, 0.25) is 0 Å². The topological polar surface area (TPSA) is 81.7 Å². The molecule has 7 heteroatoms. The Bertz CT molecular complexity index is 831. The number of hydrogen-bond acceptors (Lipinski definition) is 6. The van der Waals surface area contributed by atoms with Crippen molar-refractivity contribution in [2.45, 2.75) is 46.0 Å². The van der Waals surface area contributed by atoms with Crippen LogP contribution in [0.3, 0.4) is 0 Å². The summed E-state index contributed by atoms with van der Waals surface area (Å²) in [6.45, 7) is 6.12. The molecule has 0 bridgehead atoms. The predicted molar refractivity (Wildman–Crippen MR) is 113 cm³/mol. The molecule has 1 atom stereocenters. The van der Waals surface area contributed by atoms with Crippen molar-refractivity contribution in [3.63, 3.8) is 0 Å². The number of nitrogens with one attached hydrogen (secondary N) is 1. The molecule has 1 N–H and O–H groups in total. The van der Waals surface area contributed by atoms with Crippen LogP contribution in [0, 0.1) is 0 Å². The minimum Gasteiger partial charge on any atom is -0.466 e. The summed E-state index contributed by atoms with van der Waals surface area (Å²) in [6.07, 6.45) is 0.743. The highest BCUT2D eigenvalue weighted by atomic mass is 32.1. The molecule has 1 heterocycles. The van der Waals surface area contributed by atoms with E-state index in [1.807, 2.05) is 30.3 Å². The summed E-state index contributed by atoms with van der Waals surface area (Å²) in [7, 11) is 0. The smallest absolute Gasteiger partial charge is 0.341 e. The fourth-order valence-electron chi connectivity index (χ4n) is 2.80. The molecule has 0 aliphatic heterocycles. The molecule has 1 unspecified atom stereocenters. The standard InChI is InChI=1S/C22H27NO5S/c1-4-27-20(25)13-9-12-19(24)23-21-17(22(26)28-5-2)14-18(29-21)15(3)16-10-7-6-8-11-16/h6-8,10-11,14-15H,4-5,9,12-13H2,1-3H3,(H,23,24). The second kappa shape index (κ2) is 11.4. The van der Waals surface area contributed by atoms with Crippen LogP contribution < -0.4 is 5.32 Å². The molecule has 6 nitrogen and oxygen atoms in total. The maximum Gasteiger partial charge on any atom is 0.341 e. The van der Waals surface area contributed by atoms with Crippen LogP contribution >= 0.6 is 11.3 Å². The number of thiophene rings is 1. The molecule has 0 radical (unpaired) electrons. The molecule has 1 aromatic carbocycles. The van der Waals surface area contributed by atoms with Crippen LogP contribution in [-0.2, 0) is 19.1 Å². The molecule has 0 saturated heterocycles. The summed E-state index contributed by atoms with van der Waals surface area (Å²) < 4.78 is 10.0. The number of anilines is 1. The van der Waals surface area contributed by atoms with Crippen molar-refractivity contribution in [1.29, 1.82) is 0 Å². The maximum atomic E-state index is 12.4. The van der Waals surface area contributed by atoms with Crippen LogP contribution in [0.4, 0.5) is 5.00 Å². The third kappa shape index (κ3) is 6.71. The number of esters is 2. The highest BCUT2D eigenvalue weighted by Gasteiger charge is 2.22. The lowest BCUT2D eigenvalue weighted by atomic mass is 9.99. The minimum atomic E-state index is -0.461. The van der Waals surface area contributed by atoms with Crippen LogP contribution in [0.15, 0.2) is 36.4 Å². The van der Waals surface area contributed by atoms with Gasteiger partial charge in [-0.15, -0.1) is 11.3 Å². The van der Waals surface area contributed by atoms with Crippen molar-refractivity contribution >= 4 is 34.2 Å². The van der Waals surface area contributed by atoms with E-state index in [1.54, 1.807) is 19.9 Å². The molecule has 1 aromatic heterocycles. The molecular formula is C22H27NO5S. The molecule has 0 spiro atoms. The average Bonchev–Trinajstić information content (AvgIpc) is 3.12. The van der Waals surface area contributed by atoms with Crippen LogP contribution in [0.1, 0.15) is 66.8 Å². The van der Waals surface area contributed by atoms with Gasteiger partial charge in [-0.2, -0.15) is 0 Å². The summed E-state index contributed by atoms with van der Waals surface area (Å²) in [5.41, 5.74) is 1.48. The molecule has 0 fully saturated rings. The Balaban J connectivity index is 2.12. The van der Waals surface area contributed by atoms with Crippen LogP contribution in [0.5, 0.6) is 0 Å². The lowest BCUT2D eigenvalue weighted by Gasteiger charge is -2.09. The van der Waals surface area contributed by atoms with Crippen molar-refractivity contribution < 1.29 is 23.9 Å². The van der Waals surface area contributed by atoms with E-state index in [9.17, 15) is 14.4 Å². The number of carbonyl (C=O) groups is 3. The number of ether oxygens (including phenoxy) is 2. The first kappa shape index (κ1) is 22.6. The van der Waals surface area contributed by atoms with E-state index in [0.29, 0.717) is 23.6 Å². The van der Waals surface area contributed by atoms with Gasteiger partial charge in [0.15, 0.2) is 0 Å². The van der Waals surface area contributed by atoms with E-state index in [1.165, 1.54) is 11.3 Å². The zero-order chi connectivity index (χ0) is 21.2. The quantitative estimate of drug-likeness (QED) is 0.564. The Kier molecular flexibility index (Phi) is 8.86. The zero-order valence-corrected chi connectivity index (χ0v) is 17.8. The normalized spacial score (nSPS) is 11.6. The molecule has 0 aliphatic carbocycles. The number of benzene rings is 1. The first-order valence-electron chi connectivity index (χ1n) is 9.77. The van der Waals surface area contributed by atoms with E-state index in [2.05, 4.69) is 12.2 Å². The van der Waals surface area contributed by atoms with Gasteiger partial charge >= 0.3 is 11.9 Å². The first-order chi connectivity index (χ1) is 14.0. The van der Waals surface area contributed by atoms with Crippen LogP contribution in [0.25, 0.3) is 0 Å². The van der Waals surface area contributed by atoms with Crippen molar-refractivity contribution in [2.24, 2.45) is 0 Å². The molecule has 156 valence electrons. The highest BCUT2D eigenvalue weighted by Crippen LogP contribution is 2.36. The maximum absolute atomic E-state index is 12.4. The number of rotatable bonds is 10. The van der Waals surface area contributed by atoms with E-state index in [-0.39, 0.29) is 37.2 Å². The number of carbonyl (C=O) groups excluding carboxylic acids is 3. The second-order valence-corrected chi connectivity index (χ2v) is 7.53. The van der Waals surface area contributed by atoms with Gasteiger partial charge in [-0.3, -0.25) is 9.59 Å². The van der Waals surface area contributed by atoms with E-state index in [4.69, 9.17) is 9.47 Å². The van der Waals surface area contributed by atoms with Gasteiger partial charge in [-0.25, -0.2) is 4.79 Å². The minimum absolute atomic E-state index is 0.0730. The Morgan fingerprint density at radius 3 is 2.38 bits per heavy atom. The zero-order valence-electron chi connectivity index (χ0n) is 17.0. The van der Waals surface area contributed by atoms with Crippen molar-refractivity contribution in [2.75, 3.05) is 18.5 Å². The Labute approximate surface area is 175 Å². The molecule has 0 aliphatic rings. The molecule has 29 heavy (non-hydrogen) atoms. The van der Waals surface area contributed by atoms with E-state index in [0.717, 1.165) is 10.4 Å². The van der Waals surface area contributed by atoms with E-state index < -0.39 is 5.97 Å². The second-order valence-electron chi connectivity index (χ2n) is 6.45. The van der Waals surface area contributed by atoms with Crippen molar-refractivity contribution in [3.8, 4) is 0 Å². The van der Waals surface area contributed by atoms with Crippen molar-refractivity contribution in [3.05, 3.63) is 52.4 Å². The molecule has 2 rings (SSSR count). The summed E-state index contributed by atoms with van der Waals surface area (Å²) in [5.74, 6) is -0.954. The Morgan fingerprint density at radius 1 is 1.03 bits per heavy atom. The highest BCUT2D eigenvalue weighted by molar-refractivity contribution is 7.16. The van der Waals surface area contributed by atoms with E-state index >= 15 is 0 Å². The van der Waals surface area contributed by atoms with Gasteiger partial charge in [-0.05, 0) is 31.9 Å². The van der Waals surface area contributed by atoms with Gasteiger partial charge < -0.3 is 14.8 Å². The van der Waals surface area contributed by atoms with Gasteiger partial charge in [0.25, 0.3) is 0 Å². The molecular weight excluding hydrogens is 390 g/mol. The largest absolute Gasteiger partial charge is 0.466 e. The van der Waals surface area contributed by atoms with Gasteiger partial charge in [-0.1, -0.05) is 37.3 Å². The number of amides is 1. The monoisotopic (exact) mass is 417 g/mol. The van der Waals surface area contributed by atoms with Crippen LogP contribution in [-0.4, -0.2) is 31.1 Å². The molecule has 1 amide bonds. The average molecular weight is 418 g/mol. The summed E-state index contributed by atoms with van der Waals surface area (Å²) in [5, 5.41) is 3.28. The molecule has 0 saturated carbocycles. The van der Waals surface area contributed by atoms with Gasteiger partial charge in [0.05, 0.1) is 18.8 Å². The SMILES string of the molecule is CCOC(=O)CCCC(=O)Nc1sc(C(C)c2ccccc2)cc1C(=O)OCC. The Hall–Kier alpha value is -2.67. The summed E-state index contributed by atoms with van der Waals surface area (Å²) in [6, 6.07) is 11.7. The lowest BCUT2D eigenvalue weighted by molar-refractivity contribution is -0.143. The lowest BCUT2D eigenvalue weighted by Crippen LogP contribution is -2.14. The van der Waals surface area contributed by atoms with Gasteiger partial charge in [0.1, 0.15) is 5.00 Å². The summed E-state index contributed by atoms with van der Waals surface area (Å²) in [4.78, 5) is 37.0. The fraction of sp³-hybridized carbons (Fsp3) is 0.409. The number of hydrogen-bond donors (Lipinski definition) is 1. The third-order valence-corrected chi connectivity index (χ3v) is 5.55. The van der Waals surface area contributed by atoms with Gasteiger partial charge in [0.2, 0.25) is 5.91 Å². The van der Waals surface area contributed by atoms with Crippen molar-refractivity contribution in [1.82, 2.24) is 0 Å². The van der Waals surface area contributed by atoms with Gasteiger partial charge in [0, 0.05) is 23.6 Å². The Morgan fingerprint density at radius 2 is 1.72 bits per heavy atom. The third-order valence-electron chi connectivity index (χ3n) is 4.32. The predicted octanol–water partition coefficient (Wildman–Crippen LogP) is 4.75. The summed E-state index contributed by atoms with van der Waals surface area (Å²) >= 11 is 1.37.